The number of nitrogens with one attached hydrogen (secondary N) is 1. The van der Waals surface area contributed by atoms with Crippen molar-refractivity contribution >= 4 is 23.6 Å². The van der Waals surface area contributed by atoms with Crippen LogP contribution < -0.4 is 5.32 Å². The fraction of sp³-hybridized carbons (Fsp3) is 0.400. The number of hydrogen-bond acceptors (Lipinski definition) is 2. The van der Waals surface area contributed by atoms with Crippen LogP contribution in [-0.4, -0.2) is 24.2 Å². The van der Waals surface area contributed by atoms with Crippen LogP contribution in [0, 0.1) is 5.41 Å². The van der Waals surface area contributed by atoms with Gasteiger partial charge in [-0.2, -0.15) is 0 Å². The molecule has 3 nitrogen and oxygen atoms in total. The molecule has 0 aromatic heterocycles. The molecule has 0 saturated heterocycles. The number of aliphatic hydroxyl groups is 1. The van der Waals surface area contributed by atoms with Gasteiger partial charge in [-0.1, -0.05) is 23.7 Å². The van der Waals surface area contributed by atoms with Crippen LogP contribution in [0.1, 0.15) is 24.8 Å². The van der Waals surface area contributed by atoms with Gasteiger partial charge >= 0.3 is 0 Å². The monoisotopic (exact) mass is 279 g/mol. The Morgan fingerprint density at radius 3 is 2.89 bits per heavy atom. The first kappa shape index (κ1) is 14.1. The summed E-state index contributed by atoms with van der Waals surface area (Å²) in [7, 11) is 0. The van der Waals surface area contributed by atoms with Crippen LogP contribution >= 0.6 is 11.6 Å². The molecule has 1 aliphatic rings. The molecule has 1 aliphatic carbocycles. The van der Waals surface area contributed by atoms with Crippen LogP contribution in [0.3, 0.4) is 0 Å². The second-order valence-corrected chi connectivity index (χ2v) is 5.52. The highest BCUT2D eigenvalue weighted by Gasteiger charge is 2.41. The number of halogens is 1. The van der Waals surface area contributed by atoms with Gasteiger partial charge in [-0.25, -0.2) is 0 Å². The standard InChI is InChI=1S/C15H18ClNO2/c16-13-3-1-2-12(10-13)4-5-14(19)17-11-15(6-7-15)8-9-18/h1-5,10,18H,6-9,11H2,(H,17,19)/b5-4+. The maximum atomic E-state index is 11.7. The zero-order chi connectivity index (χ0) is 13.7. The molecule has 2 rings (SSSR count). The molecule has 1 amide bonds. The van der Waals surface area contributed by atoms with E-state index in [4.69, 9.17) is 16.7 Å². The molecule has 0 spiro atoms. The first-order valence-corrected chi connectivity index (χ1v) is 6.84. The second-order valence-electron chi connectivity index (χ2n) is 5.08. The summed E-state index contributed by atoms with van der Waals surface area (Å²) in [4.78, 5) is 11.7. The highest BCUT2D eigenvalue weighted by Crippen LogP contribution is 2.47. The zero-order valence-corrected chi connectivity index (χ0v) is 11.5. The molecule has 2 N–H and O–H groups in total. The van der Waals surface area contributed by atoms with Crippen molar-refractivity contribution in [3.63, 3.8) is 0 Å². The molecule has 0 heterocycles. The molecule has 0 atom stereocenters. The van der Waals surface area contributed by atoms with E-state index < -0.39 is 0 Å². The largest absolute Gasteiger partial charge is 0.396 e. The molecule has 1 fully saturated rings. The van der Waals surface area contributed by atoms with E-state index in [0.717, 1.165) is 24.8 Å². The zero-order valence-electron chi connectivity index (χ0n) is 10.7. The van der Waals surface area contributed by atoms with Crippen molar-refractivity contribution in [1.29, 1.82) is 0 Å². The predicted octanol–water partition coefficient (Wildman–Crippen LogP) is 2.63. The third-order valence-electron chi connectivity index (χ3n) is 3.51. The molecular weight excluding hydrogens is 262 g/mol. The van der Waals surface area contributed by atoms with E-state index in [1.807, 2.05) is 12.1 Å². The van der Waals surface area contributed by atoms with E-state index in [1.165, 1.54) is 6.08 Å². The molecule has 0 radical (unpaired) electrons. The van der Waals surface area contributed by atoms with E-state index in [-0.39, 0.29) is 17.9 Å². The number of carbonyl (C=O) groups is 1. The number of benzene rings is 1. The van der Waals surface area contributed by atoms with Crippen molar-refractivity contribution in [2.45, 2.75) is 19.3 Å². The summed E-state index contributed by atoms with van der Waals surface area (Å²) in [5, 5.41) is 12.5. The van der Waals surface area contributed by atoms with Gasteiger partial charge in [-0.3, -0.25) is 4.79 Å². The quantitative estimate of drug-likeness (QED) is 0.787. The van der Waals surface area contributed by atoms with Gasteiger partial charge in [0.2, 0.25) is 5.91 Å². The van der Waals surface area contributed by atoms with E-state index >= 15 is 0 Å². The number of rotatable bonds is 6. The van der Waals surface area contributed by atoms with Crippen molar-refractivity contribution in [2.75, 3.05) is 13.2 Å². The normalized spacial score (nSPS) is 16.5. The van der Waals surface area contributed by atoms with Gasteiger partial charge in [0.05, 0.1) is 0 Å². The summed E-state index contributed by atoms with van der Waals surface area (Å²) in [5.41, 5.74) is 1.05. The number of amides is 1. The van der Waals surface area contributed by atoms with Crippen molar-refractivity contribution in [1.82, 2.24) is 5.32 Å². The molecule has 1 aromatic carbocycles. The number of hydrogen-bond donors (Lipinski definition) is 2. The van der Waals surface area contributed by atoms with Crippen molar-refractivity contribution in [3.05, 3.63) is 40.9 Å². The van der Waals surface area contributed by atoms with Crippen LogP contribution in [0.2, 0.25) is 5.02 Å². The number of aliphatic hydroxyl groups excluding tert-OH is 1. The summed E-state index contributed by atoms with van der Waals surface area (Å²) in [5.74, 6) is -0.107. The Kier molecular flexibility index (Phi) is 4.61. The molecule has 1 aromatic rings. The van der Waals surface area contributed by atoms with Crippen LogP contribution in [0.5, 0.6) is 0 Å². The third kappa shape index (κ3) is 4.37. The maximum absolute atomic E-state index is 11.7. The molecule has 0 unspecified atom stereocenters. The Labute approximate surface area is 118 Å². The van der Waals surface area contributed by atoms with E-state index in [2.05, 4.69) is 5.32 Å². The molecule has 4 heteroatoms. The lowest BCUT2D eigenvalue weighted by Gasteiger charge is -2.13. The van der Waals surface area contributed by atoms with Crippen LogP contribution in [-0.2, 0) is 4.79 Å². The lowest BCUT2D eigenvalue weighted by atomic mass is 10.0. The first-order chi connectivity index (χ1) is 9.13. The van der Waals surface area contributed by atoms with Gasteiger partial charge in [0.25, 0.3) is 0 Å². The van der Waals surface area contributed by atoms with E-state index in [1.54, 1.807) is 18.2 Å². The highest BCUT2D eigenvalue weighted by molar-refractivity contribution is 6.30. The lowest BCUT2D eigenvalue weighted by molar-refractivity contribution is -0.116. The van der Waals surface area contributed by atoms with Gasteiger partial charge < -0.3 is 10.4 Å². The third-order valence-corrected chi connectivity index (χ3v) is 3.75. The van der Waals surface area contributed by atoms with Crippen LogP contribution in [0.15, 0.2) is 30.3 Å². The Balaban J connectivity index is 1.81. The first-order valence-electron chi connectivity index (χ1n) is 6.46. The van der Waals surface area contributed by atoms with Crippen molar-refractivity contribution < 1.29 is 9.90 Å². The smallest absolute Gasteiger partial charge is 0.244 e. The van der Waals surface area contributed by atoms with Gasteiger partial charge in [0.1, 0.15) is 0 Å². The lowest BCUT2D eigenvalue weighted by Crippen LogP contribution is -2.29. The topological polar surface area (TPSA) is 49.3 Å². The minimum atomic E-state index is -0.107. The molecule has 102 valence electrons. The molecule has 0 aliphatic heterocycles. The summed E-state index contributed by atoms with van der Waals surface area (Å²) in [6.07, 6.45) is 6.20. The van der Waals surface area contributed by atoms with Crippen LogP contribution in [0.25, 0.3) is 6.08 Å². The molecule has 1 saturated carbocycles. The fourth-order valence-electron chi connectivity index (χ4n) is 2.04. The Bertz CT molecular complexity index is 481. The molecule has 19 heavy (non-hydrogen) atoms. The van der Waals surface area contributed by atoms with E-state index in [9.17, 15) is 4.79 Å². The Morgan fingerprint density at radius 1 is 1.47 bits per heavy atom. The molecular formula is C15H18ClNO2. The highest BCUT2D eigenvalue weighted by atomic mass is 35.5. The average molecular weight is 280 g/mol. The van der Waals surface area contributed by atoms with Gasteiger partial charge in [0, 0.05) is 24.3 Å². The second kappa shape index (κ2) is 6.22. The number of carbonyl (C=O) groups excluding carboxylic acids is 1. The van der Waals surface area contributed by atoms with Crippen LogP contribution in [0.4, 0.5) is 0 Å². The minimum Gasteiger partial charge on any atom is -0.396 e. The predicted molar refractivity (Wildman–Crippen MR) is 76.9 cm³/mol. The van der Waals surface area contributed by atoms with Gasteiger partial charge in [0.15, 0.2) is 0 Å². The summed E-state index contributed by atoms with van der Waals surface area (Å²) in [6, 6.07) is 7.34. The fourth-order valence-corrected chi connectivity index (χ4v) is 2.24. The SMILES string of the molecule is O=C(/C=C/c1cccc(Cl)c1)NCC1(CCO)CC1. The molecule has 0 bridgehead atoms. The maximum Gasteiger partial charge on any atom is 0.244 e. The summed E-state index contributed by atoms with van der Waals surface area (Å²) < 4.78 is 0. The average Bonchev–Trinajstić information content (AvgIpc) is 3.15. The van der Waals surface area contributed by atoms with Crippen molar-refractivity contribution in [2.24, 2.45) is 5.41 Å². The summed E-state index contributed by atoms with van der Waals surface area (Å²) >= 11 is 5.87. The van der Waals surface area contributed by atoms with E-state index in [0.29, 0.717) is 11.6 Å². The Morgan fingerprint density at radius 2 is 2.26 bits per heavy atom. The Hall–Kier alpha value is -1.32. The van der Waals surface area contributed by atoms with Gasteiger partial charge in [-0.05, 0) is 48.4 Å². The summed E-state index contributed by atoms with van der Waals surface area (Å²) in [6.45, 7) is 0.834. The minimum absolute atomic E-state index is 0.107. The van der Waals surface area contributed by atoms with Gasteiger partial charge in [-0.15, -0.1) is 0 Å². The van der Waals surface area contributed by atoms with Crippen molar-refractivity contribution in [3.8, 4) is 0 Å².